The van der Waals surface area contributed by atoms with Crippen LogP contribution in [0.1, 0.15) is 48.2 Å². The van der Waals surface area contributed by atoms with Gasteiger partial charge in [-0.2, -0.15) is 0 Å². The lowest BCUT2D eigenvalue weighted by Gasteiger charge is -2.11. The van der Waals surface area contributed by atoms with Crippen LogP contribution in [0.25, 0.3) is 10.9 Å². The minimum Gasteiger partial charge on any atom is -0.461 e. The van der Waals surface area contributed by atoms with Crippen LogP contribution < -0.4 is 4.72 Å². The van der Waals surface area contributed by atoms with E-state index in [9.17, 15) is 9.18 Å². The first kappa shape index (κ1) is 16.2. The summed E-state index contributed by atoms with van der Waals surface area (Å²) in [5.74, 6) is 0.991. The molecular weight excluding hydrogens is 315 g/mol. The van der Waals surface area contributed by atoms with Crippen molar-refractivity contribution in [1.82, 2.24) is 4.98 Å². The molecule has 0 aliphatic heterocycles. The first-order valence-corrected chi connectivity index (χ1v) is 8.99. The number of hydrogen-bond acceptors (Lipinski definition) is 4. The van der Waals surface area contributed by atoms with E-state index in [0.717, 1.165) is 22.3 Å². The normalized spacial score (nSPS) is 14.2. The summed E-state index contributed by atoms with van der Waals surface area (Å²) in [5, 5.41) is 1.02. The van der Waals surface area contributed by atoms with Crippen molar-refractivity contribution < 1.29 is 13.9 Å². The first-order valence-electron chi connectivity index (χ1n) is 8.00. The van der Waals surface area contributed by atoms with Gasteiger partial charge in [0.05, 0.1) is 13.3 Å². The molecule has 1 saturated carbocycles. The van der Waals surface area contributed by atoms with Crippen molar-refractivity contribution in [1.29, 1.82) is 0 Å². The van der Waals surface area contributed by atoms with Gasteiger partial charge in [0.1, 0.15) is 5.69 Å². The Morgan fingerprint density at radius 2 is 2.26 bits per heavy atom. The quantitative estimate of drug-likeness (QED) is 0.419. The number of benzene rings is 1. The molecule has 0 radical (unpaired) electrons. The summed E-state index contributed by atoms with van der Waals surface area (Å²) in [6.07, 6.45) is 2.95. The fraction of sp³-hybridized carbons (Fsp3) is 0.471. The molecule has 23 heavy (non-hydrogen) atoms. The third-order valence-electron chi connectivity index (χ3n) is 3.87. The smallest absolute Gasteiger partial charge is 0.354 e. The van der Waals surface area contributed by atoms with Crippen LogP contribution in [-0.4, -0.2) is 30.0 Å². The second kappa shape index (κ2) is 7.25. The zero-order chi connectivity index (χ0) is 16.2. The Balaban J connectivity index is 1.85. The fourth-order valence-electron chi connectivity index (χ4n) is 2.59. The molecule has 2 aromatic rings. The Morgan fingerprint density at radius 3 is 2.96 bits per heavy atom. The Labute approximate surface area is 139 Å². The van der Waals surface area contributed by atoms with Gasteiger partial charge in [0.25, 0.3) is 0 Å². The molecule has 0 amide bonds. The molecule has 3 rings (SSSR count). The second-order valence-electron chi connectivity index (χ2n) is 5.70. The zero-order valence-electron chi connectivity index (χ0n) is 13.2. The topological polar surface area (TPSA) is 54.1 Å². The molecule has 4 nitrogen and oxygen atoms in total. The third-order valence-corrected chi connectivity index (χ3v) is 4.72. The maximum absolute atomic E-state index is 12.2. The summed E-state index contributed by atoms with van der Waals surface area (Å²) in [7, 11) is 0. The molecular formula is C17H21FN2O2S. The van der Waals surface area contributed by atoms with Crippen LogP contribution in [0.4, 0.5) is 10.1 Å². The highest BCUT2D eigenvalue weighted by Gasteiger charge is 2.27. The molecule has 0 spiro atoms. The second-order valence-corrected chi connectivity index (χ2v) is 6.60. The van der Waals surface area contributed by atoms with Gasteiger partial charge in [-0.1, -0.05) is 11.9 Å². The third kappa shape index (κ3) is 3.80. The van der Waals surface area contributed by atoms with Gasteiger partial charge in [0, 0.05) is 22.3 Å². The van der Waals surface area contributed by atoms with Crippen LogP contribution in [0.2, 0.25) is 0 Å². The maximum atomic E-state index is 12.2. The van der Waals surface area contributed by atoms with Gasteiger partial charge in [-0.3, -0.25) is 4.39 Å². The monoisotopic (exact) mass is 336 g/mol. The van der Waals surface area contributed by atoms with Gasteiger partial charge >= 0.3 is 5.97 Å². The van der Waals surface area contributed by atoms with Crippen molar-refractivity contribution >= 4 is 34.5 Å². The van der Waals surface area contributed by atoms with Crippen LogP contribution in [0.15, 0.2) is 18.2 Å². The van der Waals surface area contributed by atoms with E-state index in [1.807, 2.05) is 12.1 Å². The Kier molecular flexibility index (Phi) is 5.10. The maximum Gasteiger partial charge on any atom is 0.354 e. The van der Waals surface area contributed by atoms with Gasteiger partial charge in [-0.25, -0.2) is 4.79 Å². The molecule has 0 bridgehead atoms. The number of alkyl halides is 1. The van der Waals surface area contributed by atoms with Crippen LogP contribution in [0, 0.1) is 0 Å². The minimum atomic E-state index is -0.330. The molecule has 124 valence electrons. The van der Waals surface area contributed by atoms with Gasteiger partial charge in [0.15, 0.2) is 0 Å². The highest BCUT2D eigenvalue weighted by molar-refractivity contribution is 8.00. The van der Waals surface area contributed by atoms with Gasteiger partial charge in [0.2, 0.25) is 0 Å². The van der Waals surface area contributed by atoms with E-state index in [1.165, 1.54) is 30.4 Å². The number of ether oxygens (including phenoxy) is 1. The summed E-state index contributed by atoms with van der Waals surface area (Å²) in [6, 6.07) is 6.03. The highest BCUT2D eigenvalue weighted by atomic mass is 32.2. The van der Waals surface area contributed by atoms with Crippen molar-refractivity contribution in [3.63, 3.8) is 0 Å². The highest BCUT2D eigenvalue weighted by Crippen LogP contribution is 2.45. The molecule has 1 aromatic heterocycles. The lowest BCUT2D eigenvalue weighted by atomic mass is 10.1. The number of halogens is 1. The average Bonchev–Trinajstić information content (AvgIpc) is 3.30. The Morgan fingerprint density at radius 1 is 1.43 bits per heavy atom. The number of aromatic amines is 1. The van der Waals surface area contributed by atoms with E-state index < -0.39 is 0 Å². The summed E-state index contributed by atoms with van der Waals surface area (Å²) in [5.41, 5.74) is 3.72. The molecule has 0 unspecified atom stereocenters. The average molecular weight is 336 g/mol. The minimum absolute atomic E-state index is 0.289. The van der Waals surface area contributed by atoms with E-state index in [2.05, 4.69) is 15.8 Å². The first-order chi connectivity index (χ1) is 11.2. The van der Waals surface area contributed by atoms with Crippen LogP contribution >= 0.6 is 11.9 Å². The number of fused-ring (bicyclic) bond motifs is 1. The molecule has 1 heterocycles. The predicted octanol–water partition coefficient (Wildman–Crippen LogP) is 4.64. The molecule has 0 atom stereocenters. The molecule has 1 aliphatic carbocycles. The Bertz CT molecular complexity index is 697. The number of rotatable bonds is 8. The van der Waals surface area contributed by atoms with Crippen molar-refractivity contribution in [3.8, 4) is 0 Å². The van der Waals surface area contributed by atoms with Gasteiger partial charge in [-0.15, -0.1) is 0 Å². The van der Waals surface area contributed by atoms with Crippen LogP contribution in [-0.2, 0) is 4.74 Å². The van der Waals surface area contributed by atoms with Crippen molar-refractivity contribution in [2.45, 2.75) is 32.1 Å². The zero-order valence-corrected chi connectivity index (χ0v) is 14.0. The number of anilines is 1. The van der Waals surface area contributed by atoms with Crippen LogP contribution in [0.3, 0.4) is 0 Å². The summed E-state index contributed by atoms with van der Waals surface area (Å²) in [4.78, 5) is 15.0. The van der Waals surface area contributed by atoms with Gasteiger partial charge in [-0.05, 0) is 55.9 Å². The van der Waals surface area contributed by atoms with Crippen molar-refractivity contribution in [3.05, 3.63) is 29.5 Å². The van der Waals surface area contributed by atoms with Crippen molar-refractivity contribution in [2.24, 2.45) is 0 Å². The number of nitrogens with one attached hydrogen (secondary N) is 2. The van der Waals surface area contributed by atoms with E-state index >= 15 is 0 Å². The van der Waals surface area contributed by atoms with Crippen molar-refractivity contribution in [2.75, 3.05) is 23.8 Å². The number of aromatic nitrogens is 1. The van der Waals surface area contributed by atoms with E-state index in [1.54, 1.807) is 6.92 Å². The number of hydrogen-bond donors (Lipinski definition) is 2. The van der Waals surface area contributed by atoms with Crippen LogP contribution in [0.5, 0.6) is 0 Å². The van der Waals surface area contributed by atoms with E-state index in [-0.39, 0.29) is 12.6 Å². The lowest BCUT2D eigenvalue weighted by molar-refractivity contribution is 0.0520. The van der Waals surface area contributed by atoms with E-state index in [0.29, 0.717) is 24.6 Å². The summed E-state index contributed by atoms with van der Waals surface area (Å²) < 4.78 is 20.6. The number of carbonyl (C=O) groups excluding carboxylic acids is 1. The lowest BCUT2D eigenvalue weighted by Crippen LogP contribution is -2.04. The standard InChI is InChI=1S/C17H21FN2O2S/c1-2-22-17(21)16-9-12-8-13(11-4-5-11)15(10-14(12)19-16)20-23-7-3-6-18/h8-11,19-20H,2-7H2,1H3. The number of H-pyrrole nitrogens is 1. The molecule has 1 aliphatic rings. The molecule has 1 aromatic carbocycles. The number of carbonyl (C=O) groups is 1. The SMILES string of the molecule is CCOC(=O)c1cc2cc(C3CC3)c(NSCCCF)cc2[nH]1. The summed E-state index contributed by atoms with van der Waals surface area (Å²) in [6.45, 7) is 1.87. The summed E-state index contributed by atoms with van der Waals surface area (Å²) >= 11 is 1.52. The number of esters is 1. The molecule has 1 fully saturated rings. The molecule has 2 N–H and O–H groups in total. The largest absolute Gasteiger partial charge is 0.461 e. The predicted molar refractivity (Wildman–Crippen MR) is 92.9 cm³/mol. The van der Waals surface area contributed by atoms with Gasteiger partial charge < -0.3 is 14.4 Å². The Hall–Kier alpha value is -1.69. The molecule has 0 saturated heterocycles. The molecule has 6 heteroatoms. The van der Waals surface area contributed by atoms with E-state index in [4.69, 9.17) is 4.74 Å². The fourth-order valence-corrected chi connectivity index (χ4v) is 3.28.